The minimum Gasteiger partial charge on any atom is -0.355 e. The largest absolute Gasteiger partial charge is 0.355 e. The molecule has 9 heteroatoms. The third-order valence-corrected chi connectivity index (χ3v) is 7.97. The maximum absolute atomic E-state index is 13.5. The Morgan fingerprint density at radius 2 is 1.97 bits per heavy atom. The number of rotatable bonds is 5. The molecule has 0 bridgehead atoms. The van der Waals surface area contributed by atoms with E-state index in [1.54, 1.807) is 18.5 Å². The number of nitrogens with one attached hydrogen (secondary N) is 1. The molecule has 1 saturated carbocycles. The molecule has 2 heterocycles. The van der Waals surface area contributed by atoms with Gasteiger partial charge < -0.3 is 10.2 Å². The second-order valence-corrected chi connectivity index (χ2v) is 10.3. The van der Waals surface area contributed by atoms with E-state index in [0.717, 1.165) is 23.6 Å². The zero-order valence-electron chi connectivity index (χ0n) is 19.2. The Labute approximate surface area is 211 Å². The molecule has 5 rings (SSSR count). The van der Waals surface area contributed by atoms with Crippen molar-refractivity contribution < 1.29 is 14.5 Å². The summed E-state index contributed by atoms with van der Waals surface area (Å²) in [6.45, 7) is 1.28. The van der Waals surface area contributed by atoms with Gasteiger partial charge in [-0.2, -0.15) is 0 Å². The van der Waals surface area contributed by atoms with Gasteiger partial charge >= 0.3 is 0 Å². The smallest absolute Gasteiger partial charge is 0.274 e. The second-order valence-electron chi connectivity index (χ2n) is 9.37. The molecule has 35 heavy (non-hydrogen) atoms. The summed E-state index contributed by atoms with van der Waals surface area (Å²) in [6.07, 6.45) is 5.72. The lowest BCUT2D eigenvalue weighted by atomic mass is 9.85. The van der Waals surface area contributed by atoms with Crippen molar-refractivity contribution in [1.29, 1.82) is 0 Å². The van der Waals surface area contributed by atoms with E-state index < -0.39 is 4.92 Å². The lowest BCUT2D eigenvalue weighted by Gasteiger charge is -2.22. The van der Waals surface area contributed by atoms with Crippen molar-refractivity contribution in [3.05, 3.63) is 80.1 Å². The molecule has 0 unspecified atom stereocenters. The van der Waals surface area contributed by atoms with Crippen LogP contribution >= 0.6 is 15.9 Å². The lowest BCUT2D eigenvalue weighted by molar-refractivity contribution is -0.385. The van der Waals surface area contributed by atoms with Crippen molar-refractivity contribution in [2.75, 3.05) is 20.1 Å². The van der Waals surface area contributed by atoms with Crippen LogP contribution in [-0.4, -0.2) is 46.8 Å². The van der Waals surface area contributed by atoms with Crippen molar-refractivity contribution in [1.82, 2.24) is 15.2 Å². The van der Waals surface area contributed by atoms with Gasteiger partial charge in [0, 0.05) is 54.0 Å². The highest BCUT2D eigenvalue weighted by atomic mass is 79.9. The molecule has 3 atom stereocenters. The first kappa shape index (κ1) is 23.4. The third kappa shape index (κ3) is 4.29. The van der Waals surface area contributed by atoms with Crippen molar-refractivity contribution in [3.8, 4) is 0 Å². The summed E-state index contributed by atoms with van der Waals surface area (Å²) >= 11 is 3.30. The lowest BCUT2D eigenvalue weighted by Crippen LogP contribution is -2.31. The number of carbonyl (C=O) groups excluding carboxylic acids is 2. The summed E-state index contributed by atoms with van der Waals surface area (Å²) < 4.78 is 0.497. The molecule has 8 nitrogen and oxygen atoms in total. The molecule has 2 amide bonds. The number of hydrogen-bond donors (Lipinski definition) is 1. The first-order chi connectivity index (χ1) is 16.9. The number of nitrogens with zero attached hydrogens (tertiary/aromatic N) is 3. The normalized spacial score (nSPS) is 21.2. The molecule has 2 aromatic carbocycles. The van der Waals surface area contributed by atoms with Gasteiger partial charge in [-0.25, -0.2) is 0 Å². The maximum atomic E-state index is 13.5. The van der Waals surface area contributed by atoms with Crippen molar-refractivity contribution >= 4 is 44.2 Å². The van der Waals surface area contributed by atoms with Gasteiger partial charge in [-0.05, 0) is 48.5 Å². The van der Waals surface area contributed by atoms with Crippen LogP contribution in [0, 0.1) is 27.9 Å². The van der Waals surface area contributed by atoms with Crippen LogP contribution in [0.25, 0.3) is 10.8 Å². The average molecular weight is 537 g/mol. The van der Waals surface area contributed by atoms with Crippen LogP contribution in [0.2, 0.25) is 0 Å². The van der Waals surface area contributed by atoms with Gasteiger partial charge in [-0.15, -0.1) is 0 Å². The number of amides is 2. The van der Waals surface area contributed by atoms with Crippen LogP contribution in [0.3, 0.4) is 0 Å². The minimum atomic E-state index is -0.420. The molecule has 1 N–H and O–H groups in total. The number of likely N-dealkylation sites (tertiary alicyclic amines) is 1. The topological polar surface area (TPSA) is 105 Å². The molecule has 2 fully saturated rings. The molecule has 2 aliphatic rings. The molecule has 180 valence electrons. The van der Waals surface area contributed by atoms with E-state index >= 15 is 0 Å². The number of hydrogen-bond acceptors (Lipinski definition) is 5. The molecular formula is C26H25BrN4O4. The Morgan fingerprint density at radius 1 is 1.17 bits per heavy atom. The van der Waals surface area contributed by atoms with E-state index in [0.29, 0.717) is 46.6 Å². The van der Waals surface area contributed by atoms with E-state index in [9.17, 15) is 19.7 Å². The predicted molar refractivity (Wildman–Crippen MR) is 135 cm³/mol. The first-order valence-corrected chi connectivity index (χ1v) is 12.5. The van der Waals surface area contributed by atoms with Gasteiger partial charge in [0.05, 0.1) is 16.1 Å². The number of aromatic nitrogens is 1. The Balaban J connectivity index is 1.40. The molecule has 1 aliphatic carbocycles. The number of benzene rings is 2. The fraction of sp³-hybridized carbons (Fsp3) is 0.346. The van der Waals surface area contributed by atoms with Crippen LogP contribution in [0.4, 0.5) is 5.69 Å². The number of nitro benzene ring substituents is 1. The quantitative estimate of drug-likeness (QED) is 0.378. The third-order valence-electron chi connectivity index (χ3n) is 7.52. The Morgan fingerprint density at radius 3 is 2.74 bits per heavy atom. The number of fused-ring (bicyclic) bond motifs is 2. The minimum absolute atomic E-state index is 0.0249. The molecule has 3 aromatic rings. The predicted octanol–water partition coefficient (Wildman–Crippen LogP) is 4.61. The highest BCUT2D eigenvalue weighted by Gasteiger charge is 2.45. The van der Waals surface area contributed by atoms with Crippen LogP contribution in [0.15, 0.2) is 53.3 Å². The summed E-state index contributed by atoms with van der Waals surface area (Å²) in [5, 5.41) is 16.3. The average Bonchev–Trinajstić information content (AvgIpc) is 3.45. The summed E-state index contributed by atoms with van der Waals surface area (Å²) in [6, 6.07) is 10.8. The summed E-state index contributed by atoms with van der Waals surface area (Å²) in [7, 11) is 1.52. The Kier molecular flexibility index (Phi) is 6.27. The molecule has 1 aromatic heterocycles. The number of carbonyl (C=O) groups is 2. The van der Waals surface area contributed by atoms with Gasteiger partial charge in [0.2, 0.25) is 0 Å². The second kappa shape index (κ2) is 9.37. The zero-order valence-corrected chi connectivity index (χ0v) is 20.8. The van der Waals surface area contributed by atoms with Gasteiger partial charge in [0.1, 0.15) is 0 Å². The number of nitro groups is 1. The van der Waals surface area contributed by atoms with Gasteiger partial charge in [-0.3, -0.25) is 24.7 Å². The van der Waals surface area contributed by atoms with E-state index in [2.05, 4.69) is 26.2 Å². The molecule has 1 aliphatic heterocycles. The fourth-order valence-corrected chi connectivity index (χ4v) is 6.30. The first-order valence-electron chi connectivity index (χ1n) is 11.7. The van der Waals surface area contributed by atoms with Gasteiger partial charge in [0.15, 0.2) is 0 Å². The fourth-order valence-electron chi connectivity index (χ4n) is 5.85. The van der Waals surface area contributed by atoms with Crippen molar-refractivity contribution in [3.63, 3.8) is 0 Å². The standard InChI is InChI=1S/C26H25BrN4O4/c1-28-25(32)21-9-18(27)10-24(31(34)35)20(21)8-15-6-7-17-13-30(14-23(15)17)26(33)22-12-29-11-16-4-2-3-5-19(16)22/h2-5,9-12,15,17,23H,6-8,13-14H2,1H3,(H,28,32)/t15-,17-,23-/m0/s1. The summed E-state index contributed by atoms with van der Waals surface area (Å²) in [4.78, 5) is 43.6. The Hall–Kier alpha value is -3.33. The molecule has 1 saturated heterocycles. The zero-order chi connectivity index (χ0) is 24.7. The summed E-state index contributed by atoms with van der Waals surface area (Å²) in [5.74, 6) is 0.382. The number of halogens is 1. The van der Waals surface area contributed by atoms with Crippen molar-refractivity contribution in [2.45, 2.75) is 19.3 Å². The van der Waals surface area contributed by atoms with E-state index in [1.165, 1.54) is 13.1 Å². The highest BCUT2D eigenvalue weighted by Crippen LogP contribution is 2.45. The van der Waals surface area contributed by atoms with E-state index in [-0.39, 0.29) is 29.3 Å². The maximum Gasteiger partial charge on any atom is 0.274 e. The van der Waals surface area contributed by atoms with E-state index in [1.807, 2.05) is 29.2 Å². The van der Waals surface area contributed by atoms with Crippen LogP contribution in [0.1, 0.15) is 39.1 Å². The molecule has 0 spiro atoms. The van der Waals surface area contributed by atoms with Crippen LogP contribution in [0.5, 0.6) is 0 Å². The van der Waals surface area contributed by atoms with Gasteiger partial charge in [-0.1, -0.05) is 40.2 Å². The van der Waals surface area contributed by atoms with Gasteiger partial charge in [0.25, 0.3) is 17.5 Å². The molecule has 0 radical (unpaired) electrons. The SMILES string of the molecule is CNC(=O)c1cc(Br)cc([N+](=O)[O-])c1C[C@@H]1CC[C@H]2CN(C(=O)c3cncc4ccccc34)C[C@@H]12. The van der Waals surface area contributed by atoms with Crippen LogP contribution < -0.4 is 5.32 Å². The van der Waals surface area contributed by atoms with Crippen molar-refractivity contribution in [2.24, 2.45) is 17.8 Å². The monoisotopic (exact) mass is 536 g/mol. The number of pyridine rings is 1. The Bertz CT molecular complexity index is 1340. The summed E-state index contributed by atoms with van der Waals surface area (Å²) in [5.41, 5.74) is 1.34. The van der Waals surface area contributed by atoms with Crippen LogP contribution in [-0.2, 0) is 6.42 Å². The molecular weight excluding hydrogens is 512 g/mol. The van der Waals surface area contributed by atoms with E-state index in [4.69, 9.17) is 0 Å². The highest BCUT2D eigenvalue weighted by molar-refractivity contribution is 9.10.